The van der Waals surface area contributed by atoms with Crippen molar-refractivity contribution >= 4 is 17.2 Å². The van der Waals surface area contributed by atoms with Crippen molar-refractivity contribution in [2.75, 3.05) is 20.3 Å². The molecular formula is C16H19F3N4O2S. The SMILES string of the molecule is Cc1c(C(=O)N(C)Cc2nc(C(F)(F)F)cs2)cnn1C1CCOCC1. The molecule has 10 heteroatoms. The average molecular weight is 388 g/mol. The molecule has 2 aromatic heterocycles. The summed E-state index contributed by atoms with van der Waals surface area (Å²) < 4.78 is 45.1. The summed E-state index contributed by atoms with van der Waals surface area (Å²) in [5.74, 6) is -0.287. The van der Waals surface area contributed by atoms with Crippen LogP contribution in [0.25, 0.3) is 0 Å². The molecule has 1 aliphatic rings. The maximum atomic E-state index is 12.7. The molecule has 0 bridgehead atoms. The number of thiazole rings is 1. The highest BCUT2D eigenvalue weighted by Crippen LogP contribution is 2.30. The quantitative estimate of drug-likeness (QED) is 0.807. The molecule has 0 aromatic carbocycles. The Bertz CT molecular complexity index is 781. The highest BCUT2D eigenvalue weighted by atomic mass is 32.1. The van der Waals surface area contributed by atoms with E-state index in [2.05, 4.69) is 10.1 Å². The second-order valence-corrected chi connectivity index (χ2v) is 7.16. The second-order valence-electron chi connectivity index (χ2n) is 6.22. The van der Waals surface area contributed by atoms with Gasteiger partial charge in [0.05, 0.1) is 24.3 Å². The molecule has 3 rings (SSSR count). The van der Waals surface area contributed by atoms with Crippen molar-refractivity contribution < 1.29 is 22.7 Å². The van der Waals surface area contributed by atoms with Gasteiger partial charge in [-0.05, 0) is 19.8 Å². The van der Waals surface area contributed by atoms with Crippen molar-refractivity contribution in [1.82, 2.24) is 19.7 Å². The number of hydrogen-bond donors (Lipinski definition) is 0. The van der Waals surface area contributed by atoms with E-state index in [1.165, 1.54) is 11.1 Å². The van der Waals surface area contributed by atoms with Crippen molar-refractivity contribution in [3.63, 3.8) is 0 Å². The molecule has 0 aliphatic carbocycles. The Kier molecular flexibility index (Phi) is 5.33. The van der Waals surface area contributed by atoms with Gasteiger partial charge in [0.1, 0.15) is 5.01 Å². The number of halogens is 3. The van der Waals surface area contributed by atoms with Crippen molar-refractivity contribution in [3.8, 4) is 0 Å². The number of rotatable bonds is 4. The predicted molar refractivity (Wildman–Crippen MR) is 89.0 cm³/mol. The smallest absolute Gasteiger partial charge is 0.381 e. The van der Waals surface area contributed by atoms with E-state index in [1.54, 1.807) is 7.05 Å². The Balaban J connectivity index is 1.70. The number of ether oxygens (including phenoxy) is 1. The van der Waals surface area contributed by atoms with Crippen LogP contribution in [0.3, 0.4) is 0 Å². The molecule has 1 amide bonds. The molecular weight excluding hydrogens is 369 g/mol. The predicted octanol–water partition coefficient (Wildman–Crippen LogP) is 3.29. The minimum atomic E-state index is -4.47. The third kappa shape index (κ3) is 3.90. The Morgan fingerprint density at radius 2 is 2.12 bits per heavy atom. The molecule has 0 N–H and O–H groups in total. The van der Waals surface area contributed by atoms with Gasteiger partial charge in [0.25, 0.3) is 5.91 Å². The highest BCUT2D eigenvalue weighted by molar-refractivity contribution is 7.09. The summed E-state index contributed by atoms with van der Waals surface area (Å²) in [6.45, 7) is 3.17. The summed E-state index contributed by atoms with van der Waals surface area (Å²) >= 11 is 0.890. The van der Waals surface area contributed by atoms with E-state index in [0.717, 1.165) is 35.3 Å². The number of aromatic nitrogens is 3. The molecule has 0 atom stereocenters. The van der Waals surface area contributed by atoms with Crippen LogP contribution in [0.4, 0.5) is 13.2 Å². The summed E-state index contributed by atoms with van der Waals surface area (Å²) in [6, 6.07) is 0.198. The first-order chi connectivity index (χ1) is 12.3. The van der Waals surface area contributed by atoms with Crippen LogP contribution in [0, 0.1) is 6.92 Å². The van der Waals surface area contributed by atoms with Crippen LogP contribution in [0.5, 0.6) is 0 Å². The second kappa shape index (κ2) is 7.36. The summed E-state index contributed by atoms with van der Waals surface area (Å²) in [6.07, 6.45) is -1.28. The Labute approximate surface area is 152 Å². The maximum absolute atomic E-state index is 12.7. The standard InChI is InChI=1S/C16H19F3N4O2S/c1-10-12(7-20-23(10)11-3-5-25-6-4-11)15(24)22(2)8-14-21-13(9-26-14)16(17,18)19/h7,9,11H,3-6,8H2,1-2H3. The minimum Gasteiger partial charge on any atom is -0.381 e. The van der Waals surface area contributed by atoms with E-state index >= 15 is 0 Å². The van der Waals surface area contributed by atoms with E-state index < -0.39 is 11.9 Å². The van der Waals surface area contributed by atoms with Crippen LogP contribution in [0.1, 0.15) is 45.6 Å². The van der Waals surface area contributed by atoms with Crippen LogP contribution in [0.15, 0.2) is 11.6 Å². The van der Waals surface area contributed by atoms with Crippen LogP contribution in [-0.4, -0.2) is 45.8 Å². The first-order valence-corrected chi connectivity index (χ1v) is 9.04. The van der Waals surface area contributed by atoms with E-state index in [0.29, 0.717) is 18.8 Å². The number of amides is 1. The highest BCUT2D eigenvalue weighted by Gasteiger charge is 2.34. The third-order valence-corrected chi connectivity index (χ3v) is 5.21. The van der Waals surface area contributed by atoms with Gasteiger partial charge >= 0.3 is 6.18 Å². The van der Waals surface area contributed by atoms with Crippen LogP contribution < -0.4 is 0 Å². The zero-order valence-electron chi connectivity index (χ0n) is 14.4. The van der Waals surface area contributed by atoms with Crippen LogP contribution in [-0.2, 0) is 17.5 Å². The molecule has 1 fully saturated rings. The van der Waals surface area contributed by atoms with Crippen molar-refractivity contribution in [2.24, 2.45) is 0 Å². The molecule has 1 saturated heterocycles. The zero-order chi connectivity index (χ0) is 18.9. The molecule has 0 unspecified atom stereocenters. The van der Waals surface area contributed by atoms with Gasteiger partial charge in [-0.2, -0.15) is 18.3 Å². The lowest BCUT2D eigenvalue weighted by Crippen LogP contribution is -2.27. The Morgan fingerprint density at radius 1 is 1.42 bits per heavy atom. The number of nitrogens with zero attached hydrogens (tertiary/aromatic N) is 4. The van der Waals surface area contributed by atoms with Gasteiger partial charge in [-0.25, -0.2) is 4.98 Å². The van der Waals surface area contributed by atoms with Gasteiger partial charge in [-0.1, -0.05) is 0 Å². The van der Waals surface area contributed by atoms with E-state index in [1.807, 2.05) is 11.6 Å². The van der Waals surface area contributed by atoms with Gasteiger partial charge in [-0.15, -0.1) is 11.3 Å². The summed E-state index contributed by atoms with van der Waals surface area (Å²) in [4.78, 5) is 17.6. The Morgan fingerprint density at radius 3 is 2.73 bits per heavy atom. The summed E-state index contributed by atoms with van der Waals surface area (Å²) in [5, 5.41) is 5.54. The Hall–Kier alpha value is -1.94. The molecule has 142 valence electrons. The van der Waals surface area contributed by atoms with Gasteiger partial charge in [0.15, 0.2) is 5.69 Å². The van der Waals surface area contributed by atoms with Crippen LogP contribution >= 0.6 is 11.3 Å². The third-order valence-electron chi connectivity index (χ3n) is 4.37. The average Bonchev–Trinajstić information content (AvgIpc) is 3.21. The van der Waals surface area contributed by atoms with Gasteiger partial charge in [-0.3, -0.25) is 9.48 Å². The summed E-state index contributed by atoms with van der Waals surface area (Å²) in [5.41, 5.74) is 0.275. The summed E-state index contributed by atoms with van der Waals surface area (Å²) in [7, 11) is 1.54. The van der Waals surface area contributed by atoms with Crippen molar-refractivity contribution in [2.45, 2.75) is 38.5 Å². The van der Waals surface area contributed by atoms with E-state index in [4.69, 9.17) is 4.74 Å². The zero-order valence-corrected chi connectivity index (χ0v) is 15.2. The fourth-order valence-electron chi connectivity index (χ4n) is 2.93. The molecule has 1 aliphatic heterocycles. The molecule has 3 heterocycles. The van der Waals surface area contributed by atoms with Gasteiger partial charge < -0.3 is 9.64 Å². The molecule has 0 saturated carbocycles. The maximum Gasteiger partial charge on any atom is 0.434 e. The number of hydrogen-bond acceptors (Lipinski definition) is 5. The monoisotopic (exact) mass is 388 g/mol. The normalized spacial score (nSPS) is 16.0. The number of alkyl halides is 3. The number of carbonyl (C=O) groups is 1. The minimum absolute atomic E-state index is 0.0153. The molecule has 0 radical (unpaired) electrons. The van der Waals surface area contributed by atoms with Crippen molar-refractivity contribution in [1.29, 1.82) is 0 Å². The topological polar surface area (TPSA) is 60.2 Å². The first-order valence-electron chi connectivity index (χ1n) is 8.16. The van der Waals surface area contributed by atoms with Gasteiger partial charge in [0.2, 0.25) is 0 Å². The van der Waals surface area contributed by atoms with E-state index in [9.17, 15) is 18.0 Å². The van der Waals surface area contributed by atoms with E-state index in [-0.39, 0.29) is 23.5 Å². The fraction of sp³-hybridized carbons (Fsp3) is 0.562. The lowest BCUT2D eigenvalue weighted by atomic mass is 10.1. The molecule has 0 spiro atoms. The fourth-order valence-corrected chi connectivity index (χ4v) is 3.78. The largest absolute Gasteiger partial charge is 0.434 e. The van der Waals surface area contributed by atoms with Crippen LogP contribution in [0.2, 0.25) is 0 Å². The number of carbonyl (C=O) groups excluding carboxylic acids is 1. The van der Waals surface area contributed by atoms with Gasteiger partial charge in [0, 0.05) is 31.3 Å². The molecule has 26 heavy (non-hydrogen) atoms. The first kappa shape index (κ1) is 18.8. The lowest BCUT2D eigenvalue weighted by molar-refractivity contribution is -0.140. The molecule has 2 aromatic rings. The lowest BCUT2D eigenvalue weighted by Gasteiger charge is -2.24. The molecule has 6 nitrogen and oxygen atoms in total. The van der Waals surface area contributed by atoms with Crippen molar-refractivity contribution in [3.05, 3.63) is 33.5 Å².